The molecule has 2 rings (SSSR count). The molecule has 1 aliphatic rings. The lowest BCUT2D eigenvalue weighted by molar-refractivity contribution is -0.206. The van der Waals surface area contributed by atoms with Crippen LogP contribution in [0.1, 0.15) is 44.7 Å². The third kappa shape index (κ3) is 6.29. The summed E-state index contributed by atoms with van der Waals surface area (Å²) in [5.41, 5.74) is 1.99. The Morgan fingerprint density at radius 3 is 2.50 bits per heavy atom. The minimum absolute atomic E-state index is 0.160. The fourth-order valence-corrected chi connectivity index (χ4v) is 2.95. The van der Waals surface area contributed by atoms with Gasteiger partial charge in [-0.3, -0.25) is 0 Å². The normalized spacial score (nSPS) is 16.5. The predicted octanol–water partition coefficient (Wildman–Crippen LogP) is 3.78. The van der Waals surface area contributed by atoms with Crippen LogP contribution < -0.4 is 4.74 Å². The lowest BCUT2D eigenvalue weighted by atomic mass is 9.90. The largest absolute Gasteiger partial charge is 0.491 e. The van der Waals surface area contributed by atoms with Gasteiger partial charge in [-0.05, 0) is 70.1 Å². The third-order valence-electron chi connectivity index (χ3n) is 4.72. The maximum absolute atomic E-state index is 12.0. The number of hydroxylamine groups is 2. The van der Waals surface area contributed by atoms with E-state index in [2.05, 4.69) is 25.1 Å². The van der Waals surface area contributed by atoms with E-state index >= 15 is 0 Å². The average molecular weight is 363 g/mol. The molecule has 1 fully saturated rings. The lowest BCUT2D eigenvalue weighted by Gasteiger charge is -2.32. The van der Waals surface area contributed by atoms with Gasteiger partial charge in [0.05, 0.1) is 12.0 Å². The molecule has 5 nitrogen and oxygen atoms in total. The number of methoxy groups -OCH3 is 1. The number of nitrogens with zero attached hydrogens (tertiary/aromatic N) is 1. The molecule has 146 valence electrons. The zero-order valence-corrected chi connectivity index (χ0v) is 16.8. The van der Waals surface area contributed by atoms with Gasteiger partial charge in [-0.2, -0.15) is 0 Å². The van der Waals surface area contributed by atoms with E-state index in [1.165, 1.54) is 5.56 Å². The molecule has 0 radical (unpaired) electrons. The highest BCUT2D eigenvalue weighted by Crippen LogP contribution is 2.26. The summed E-state index contributed by atoms with van der Waals surface area (Å²) in [4.78, 5) is 17.5. The van der Waals surface area contributed by atoms with Gasteiger partial charge >= 0.3 is 5.97 Å². The topological polar surface area (TPSA) is 48.0 Å². The molecule has 0 atom stereocenters. The number of aryl methyl sites for hydroxylation is 1. The van der Waals surface area contributed by atoms with Gasteiger partial charge in [-0.1, -0.05) is 12.1 Å². The minimum Gasteiger partial charge on any atom is -0.491 e. The molecule has 5 heteroatoms. The smallest absolute Gasteiger partial charge is 0.330 e. The molecule has 0 N–H and O–H groups in total. The van der Waals surface area contributed by atoms with Crippen molar-refractivity contribution in [3.8, 4) is 5.75 Å². The van der Waals surface area contributed by atoms with Crippen LogP contribution in [0.5, 0.6) is 5.75 Å². The fourth-order valence-electron chi connectivity index (χ4n) is 2.95. The van der Waals surface area contributed by atoms with Crippen molar-refractivity contribution in [3.63, 3.8) is 0 Å². The first-order chi connectivity index (χ1) is 12.3. The zero-order chi connectivity index (χ0) is 19.2. The van der Waals surface area contributed by atoms with E-state index in [1.54, 1.807) is 7.11 Å². The SMILES string of the molecule is COCCOc1cc(CC2CCN(OC(=O)C(C)(C)C)CC2)ccc1C. The number of hydrogen-bond acceptors (Lipinski definition) is 5. The summed E-state index contributed by atoms with van der Waals surface area (Å²) in [5.74, 6) is 1.39. The van der Waals surface area contributed by atoms with Gasteiger partial charge in [-0.15, -0.1) is 5.06 Å². The Balaban J connectivity index is 1.83. The molecule has 0 bridgehead atoms. The number of rotatable bonds is 7. The summed E-state index contributed by atoms with van der Waals surface area (Å²) in [7, 11) is 1.68. The summed E-state index contributed by atoms with van der Waals surface area (Å²) >= 11 is 0. The molecule has 0 unspecified atom stereocenters. The quantitative estimate of drug-likeness (QED) is 0.690. The van der Waals surface area contributed by atoms with Crippen molar-refractivity contribution in [1.82, 2.24) is 5.06 Å². The van der Waals surface area contributed by atoms with Gasteiger partial charge in [-0.25, -0.2) is 4.79 Å². The molecule has 0 aromatic heterocycles. The number of hydrogen-bond donors (Lipinski definition) is 0. The number of benzene rings is 1. The van der Waals surface area contributed by atoms with Gasteiger partial charge in [0, 0.05) is 20.2 Å². The maximum Gasteiger partial charge on any atom is 0.330 e. The van der Waals surface area contributed by atoms with Crippen molar-refractivity contribution in [2.24, 2.45) is 11.3 Å². The molecule has 1 aromatic rings. The van der Waals surface area contributed by atoms with Crippen LogP contribution in [0.25, 0.3) is 0 Å². The van der Waals surface area contributed by atoms with Crippen LogP contribution in [0.15, 0.2) is 18.2 Å². The number of carbonyl (C=O) groups is 1. The molecule has 26 heavy (non-hydrogen) atoms. The summed E-state index contributed by atoms with van der Waals surface area (Å²) in [6.07, 6.45) is 3.10. The Morgan fingerprint density at radius 1 is 1.19 bits per heavy atom. The molecule has 1 aromatic carbocycles. The van der Waals surface area contributed by atoms with E-state index in [9.17, 15) is 4.79 Å². The monoisotopic (exact) mass is 363 g/mol. The summed E-state index contributed by atoms with van der Waals surface area (Å²) in [6, 6.07) is 6.46. The third-order valence-corrected chi connectivity index (χ3v) is 4.72. The van der Waals surface area contributed by atoms with Crippen molar-refractivity contribution in [2.75, 3.05) is 33.4 Å². The fraction of sp³-hybridized carbons (Fsp3) is 0.667. The second-order valence-electron chi connectivity index (χ2n) is 8.15. The van der Waals surface area contributed by atoms with Crippen LogP contribution in [0.3, 0.4) is 0 Å². The van der Waals surface area contributed by atoms with Crippen molar-refractivity contribution in [1.29, 1.82) is 0 Å². The standard InChI is InChI=1S/C21H33NO4/c1-16-6-7-18(15-19(16)25-13-12-24-5)14-17-8-10-22(11-9-17)26-20(23)21(2,3)4/h6-7,15,17H,8-14H2,1-5H3. The van der Waals surface area contributed by atoms with E-state index in [0.717, 1.165) is 43.7 Å². The zero-order valence-electron chi connectivity index (χ0n) is 16.8. The van der Waals surface area contributed by atoms with Crippen molar-refractivity contribution in [2.45, 2.75) is 47.0 Å². The Labute approximate surface area is 157 Å². The predicted molar refractivity (Wildman–Crippen MR) is 102 cm³/mol. The Kier molecular flexibility index (Phi) is 7.47. The lowest BCUT2D eigenvalue weighted by Crippen LogP contribution is -2.39. The highest BCUT2D eigenvalue weighted by Gasteiger charge is 2.28. The molecular weight excluding hydrogens is 330 g/mol. The van der Waals surface area contributed by atoms with E-state index in [1.807, 2.05) is 25.8 Å². The molecule has 0 amide bonds. The number of ether oxygens (including phenoxy) is 2. The van der Waals surface area contributed by atoms with Crippen LogP contribution in [-0.4, -0.2) is 44.4 Å². The van der Waals surface area contributed by atoms with Crippen LogP contribution in [-0.2, 0) is 20.8 Å². The molecule has 0 saturated carbocycles. The van der Waals surface area contributed by atoms with E-state index in [0.29, 0.717) is 19.1 Å². The van der Waals surface area contributed by atoms with Crippen LogP contribution in [0, 0.1) is 18.3 Å². The van der Waals surface area contributed by atoms with Crippen LogP contribution >= 0.6 is 0 Å². The Hall–Kier alpha value is -1.59. The maximum atomic E-state index is 12.0. The summed E-state index contributed by atoms with van der Waals surface area (Å²) in [5, 5.41) is 1.82. The van der Waals surface area contributed by atoms with E-state index < -0.39 is 5.41 Å². The van der Waals surface area contributed by atoms with Crippen LogP contribution in [0.4, 0.5) is 0 Å². The van der Waals surface area contributed by atoms with Gasteiger partial charge in [0.25, 0.3) is 0 Å². The second-order valence-corrected chi connectivity index (χ2v) is 8.15. The van der Waals surface area contributed by atoms with Crippen molar-refractivity contribution in [3.05, 3.63) is 29.3 Å². The van der Waals surface area contributed by atoms with Gasteiger partial charge in [0.15, 0.2) is 0 Å². The first-order valence-electron chi connectivity index (χ1n) is 9.48. The molecular formula is C21H33NO4. The second kappa shape index (κ2) is 9.38. The van der Waals surface area contributed by atoms with Gasteiger partial charge in [0.2, 0.25) is 0 Å². The van der Waals surface area contributed by atoms with Crippen LogP contribution in [0.2, 0.25) is 0 Å². The van der Waals surface area contributed by atoms with Gasteiger partial charge in [0.1, 0.15) is 12.4 Å². The first-order valence-corrected chi connectivity index (χ1v) is 9.48. The number of carbonyl (C=O) groups excluding carboxylic acids is 1. The molecule has 0 aliphatic carbocycles. The molecule has 1 saturated heterocycles. The van der Waals surface area contributed by atoms with Crippen molar-refractivity contribution < 1.29 is 19.1 Å². The summed E-state index contributed by atoms with van der Waals surface area (Å²) in [6.45, 7) is 10.5. The van der Waals surface area contributed by atoms with Gasteiger partial charge < -0.3 is 14.3 Å². The molecule has 1 aliphatic heterocycles. The average Bonchev–Trinajstić information content (AvgIpc) is 2.58. The number of piperidine rings is 1. The Bertz CT molecular complexity index is 586. The van der Waals surface area contributed by atoms with Crippen molar-refractivity contribution >= 4 is 5.97 Å². The summed E-state index contributed by atoms with van der Waals surface area (Å²) < 4.78 is 10.9. The van der Waals surface area contributed by atoms with E-state index in [-0.39, 0.29) is 5.97 Å². The Morgan fingerprint density at radius 2 is 1.88 bits per heavy atom. The first kappa shape index (κ1) is 20.7. The minimum atomic E-state index is -0.460. The highest BCUT2D eigenvalue weighted by molar-refractivity contribution is 5.75. The molecule has 1 heterocycles. The highest BCUT2D eigenvalue weighted by atomic mass is 16.7. The molecule has 0 spiro atoms. The van der Waals surface area contributed by atoms with E-state index in [4.69, 9.17) is 14.3 Å².